The second-order valence-electron chi connectivity index (χ2n) is 6.95. The molecule has 0 atom stereocenters. The average molecular weight is 379 g/mol. The van der Waals surface area contributed by atoms with Gasteiger partial charge in [-0.05, 0) is 56.5 Å². The Hall–Kier alpha value is -1.93. The van der Waals surface area contributed by atoms with Gasteiger partial charge in [-0.1, -0.05) is 0 Å². The number of thiophene rings is 1. The summed E-state index contributed by atoms with van der Waals surface area (Å²) in [5, 5.41) is 8.18. The first-order valence-electron chi connectivity index (χ1n) is 9.04. The normalized spacial score (nSPS) is 16.4. The number of nitrogens with zero attached hydrogens (tertiary/aromatic N) is 1. The molecule has 2 amide bonds. The summed E-state index contributed by atoms with van der Waals surface area (Å²) in [5.41, 5.74) is 1.46. The van der Waals surface area contributed by atoms with Crippen LogP contribution in [0.5, 0.6) is 0 Å². The van der Waals surface area contributed by atoms with Crippen molar-refractivity contribution in [3.8, 4) is 0 Å². The zero-order chi connectivity index (χ0) is 18.7. The Balaban J connectivity index is 1.57. The summed E-state index contributed by atoms with van der Waals surface area (Å²) in [6, 6.07) is 0.309. The molecule has 0 bridgehead atoms. The Bertz CT molecular complexity index is 695. The summed E-state index contributed by atoms with van der Waals surface area (Å²) >= 11 is 1.35. The lowest BCUT2D eigenvalue weighted by atomic mass is 10.1. The lowest BCUT2D eigenvalue weighted by Crippen LogP contribution is -2.39. The summed E-state index contributed by atoms with van der Waals surface area (Å²) in [6.07, 6.45) is 4.20. The van der Waals surface area contributed by atoms with Crippen molar-refractivity contribution in [2.75, 3.05) is 32.1 Å². The number of esters is 1. The van der Waals surface area contributed by atoms with Gasteiger partial charge in [0.1, 0.15) is 5.00 Å². The predicted octanol–water partition coefficient (Wildman–Crippen LogP) is 1.95. The highest BCUT2D eigenvalue weighted by atomic mass is 32.1. The Morgan fingerprint density at radius 1 is 1.19 bits per heavy atom. The molecule has 2 aliphatic carbocycles. The number of carbonyl (C=O) groups excluding carboxylic acids is 3. The van der Waals surface area contributed by atoms with Gasteiger partial charge in [0.05, 0.1) is 25.3 Å². The number of hydrogen-bond donors (Lipinski definition) is 2. The van der Waals surface area contributed by atoms with Gasteiger partial charge in [0.2, 0.25) is 11.8 Å². The van der Waals surface area contributed by atoms with Crippen molar-refractivity contribution in [2.24, 2.45) is 0 Å². The predicted molar refractivity (Wildman–Crippen MR) is 99.5 cm³/mol. The molecule has 2 fully saturated rings. The standard InChI is InChI=1S/C18H25N3O4S/c1-3-25-18(24)16-13(11-4-5-11)10-26-17(16)20-15(23)9-21(2)8-14(22)19-12-6-7-12/h10-12H,3-9H2,1-2H3,(H,19,22)(H,20,23). The smallest absolute Gasteiger partial charge is 0.341 e. The van der Waals surface area contributed by atoms with Crippen LogP contribution in [0, 0.1) is 0 Å². The minimum absolute atomic E-state index is 0.0674. The molecular weight excluding hydrogens is 354 g/mol. The molecule has 1 aromatic rings. The molecule has 2 aliphatic rings. The number of ether oxygens (including phenoxy) is 1. The summed E-state index contributed by atoms with van der Waals surface area (Å²) < 4.78 is 5.16. The average Bonchev–Trinajstić information content (AvgIpc) is 3.47. The molecule has 0 spiro atoms. The van der Waals surface area contributed by atoms with E-state index in [4.69, 9.17) is 4.74 Å². The monoisotopic (exact) mass is 379 g/mol. The van der Waals surface area contributed by atoms with Gasteiger partial charge in [0.15, 0.2) is 0 Å². The van der Waals surface area contributed by atoms with E-state index in [0.29, 0.717) is 29.1 Å². The third kappa shape index (κ3) is 5.04. The molecule has 7 nitrogen and oxygen atoms in total. The molecule has 0 aliphatic heterocycles. The van der Waals surface area contributed by atoms with Crippen molar-refractivity contribution in [1.29, 1.82) is 0 Å². The van der Waals surface area contributed by atoms with E-state index in [1.165, 1.54) is 11.3 Å². The van der Waals surface area contributed by atoms with Crippen LogP contribution in [0.25, 0.3) is 0 Å². The molecular formula is C18H25N3O4S. The maximum absolute atomic E-state index is 12.3. The number of amides is 2. The fraction of sp³-hybridized carbons (Fsp3) is 0.611. The number of carbonyl (C=O) groups is 3. The zero-order valence-corrected chi connectivity index (χ0v) is 16.0. The fourth-order valence-electron chi connectivity index (χ4n) is 2.79. The van der Waals surface area contributed by atoms with Crippen molar-refractivity contribution < 1.29 is 19.1 Å². The molecule has 1 aromatic heterocycles. The zero-order valence-electron chi connectivity index (χ0n) is 15.2. The largest absolute Gasteiger partial charge is 0.462 e. The van der Waals surface area contributed by atoms with E-state index in [1.807, 2.05) is 5.38 Å². The highest BCUT2D eigenvalue weighted by molar-refractivity contribution is 7.15. The van der Waals surface area contributed by atoms with Crippen LogP contribution in [0.2, 0.25) is 0 Å². The minimum Gasteiger partial charge on any atom is -0.462 e. The topological polar surface area (TPSA) is 87.7 Å². The van der Waals surface area contributed by atoms with Crippen molar-refractivity contribution >= 4 is 34.1 Å². The van der Waals surface area contributed by atoms with Gasteiger partial charge < -0.3 is 15.4 Å². The maximum atomic E-state index is 12.3. The molecule has 0 unspecified atom stereocenters. The van der Waals surface area contributed by atoms with Crippen LogP contribution in [0.4, 0.5) is 5.00 Å². The summed E-state index contributed by atoms with van der Waals surface area (Å²) in [4.78, 5) is 38.1. The van der Waals surface area contributed by atoms with Gasteiger partial charge in [-0.15, -0.1) is 11.3 Å². The number of rotatable bonds is 9. The van der Waals surface area contributed by atoms with E-state index in [0.717, 1.165) is 31.2 Å². The molecule has 0 saturated heterocycles. The SMILES string of the molecule is CCOC(=O)c1c(C2CC2)csc1NC(=O)CN(C)CC(=O)NC1CC1. The Labute approximate surface area is 157 Å². The van der Waals surface area contributed by atoms with Crippen molar-refractivity contribution in [3.63, 3.8) is 0 Å². The van der Waals surface area contributed by atoms with Crippen LogP contribution in [0.15, 0.2) is 5.38 Å². The van der Waals surface area contributed by atoms with Crippen molar-refractivity contribution in [3.05, 3.63) is 16.5 Å². The van der Waals surface area contributed by atoms with Gasteiger partial charge in [-0.25, -0.2) is 4.79 Å². The van der Waals surface area contributed by atoms with Crippen molar-refractivity contribution in [2.45, 2.75) is 44.6 Å². The van der Waals surface area contributed by atoms with Gasteiger partial charge >= 0.3 is 5.97 Å². The van der Waals surface area contributed by atoms with Crippen LogP contribution >= 0.6 is 11.3 Å². The first kappa shape index (κ1) is 18.8. The molecule has 0 radical (unpaired) electrons. The minimum atomic E-state index is -0.386. The quantitative estimate of drug-likeness (QED) is 0.641. The van der Waals surface area contributed by atoms with Gasteiger partial charge in [0.25, 0.3) is 0 Å². The molecule has 142 valence electrons. The van der Waals surface area contributed by atoms with E-state index in [2.05, 4.69) is 10.6 Å². The van der Waals surface area contributed by atoms with E-state index in [9.17, 15) is 14.4 Å². The molecule has 26 heavy (non-hydrogen) atoms. The molecule has 2 N–H and O–H groups in total. The molecule has 8 heteroatoms. The Kier molecular flexibility index (Phi) is 5.93. The summed E-state index contributed by atoms with van der Waals surface area (Å²) in [6.45, 7) is 2.31. The Morgan fingerprint density at radius 2 is 1.88 bits per heavy atom. The summed E-state index contributed by atoms with van der Waals surface area (Å²) in [5.74, 6) is -0.308. The molecule has 0 aromatic carbocycles. The number of hydrogen-bond acceptors (Lipinski definition) is 6. The number of nitrogens with one attached hydrogen (secondary N) is 2. The third-order valence-electron chi connectivity index (χ3n) is 4.34. The van der Waals surface area contributed by atoms with Gasteiger partial charge in [0, 0.05) is 6.04 Å². The second-order valence-corrected chi connectivity index (χ2v) is 7.83. The van der Waals surface area contributed by atoms with Crippen LogP contribution in [0.3, 0.4) is 0 Å². The van der Waals surface area contributed by atoms with Crippen LogP contribution in [-0.4, -0.2) is 55.5 Å². The van der Waals surface area contributed by atoms with Gasteiger partial charge in [-0.2, -0.15) is 0 Å². The molecule has 3 rings (SSSR count). The lowest BCUT2D eigenvalue weighted by Gasteiger charge is -2.16. The summed E-state index contributed by atoms with van der Waals surface area (Å²) in [7, 11) is 1.72. The fourth-order valence-corrected chi connectivity index (χ4v) is 3.83. The van der Waals surface area contributed by atoms with E-state index in [1.54, 1.807) is 18.9 Å². The van der Waals surface area contributed by atoms with E-state index < -0.39 is 0 Å². The highest BCUT2D eigenvalue weighted by Crippen LogP contribution is 2.46. The van der Waals surface area contributed by atoms with Gasteiger partial charge in [-0.3, -0.25) is 14.5 Å². The van der Waals surface area contributed by atoms with Crippen LogP contribution in [0.1, 0.15) is 54.4 Å². The lowest BCUT2D eigenvalue weighted by molar-refractivity contribution is -0.123. The second kappa shape index (κ2) is 8.18. The Morgan fingerprint density at radius 3 is 2.50 bits per heavy atom. The van der Waals surface area contributed by atoms with Crippen molar-refractivity contribution in [1.82, 2.24) is 10.2 Å². The van der Waals surface area contributed by atoms with E-state index >= 15 is 0 Å². The van der Waals surface area contributed by atoms with E-state index in [-0.39, 0.29) is 30.9 Å². The maximum Gasteiger partial charge on any atom is 0.341 e. The third-order valence-corrected chi connectivity index (χ3v) is 5.25. The van der Waals surface area contributed by atoms with Crippen LogP contribution in [-0.2, 0) is 14.3 Å². The highest BCUT2D eigenvalue weighted by Gasteiger charge is 2.32. The van der Waals surface area contributed by atoms with Crippen LogP contribution < -0.4 is 10.6 Å². The number of anilines is 1. The molecule has 1 heterocycles. The molecule has 2 saturated carbocycles. The first-order valence-corrected chi connectivity index (χ1v) is 9.92. The first-order chi connectivity index (χ1) is 12.5. The number of likely N-dealkylation sites (N-methyl/N-ethyl adjacent to an activating group) is 1.